The summed E-state index contributed by atoms with van der Waals surface area (Å²) in [7, 11) is 0. The molecule has 2 aromatic carbocycles. The summed E-state index contributed by atoms with van der Waals surface area (Å²) in [5, 5.41) is 5.93. The lowest BCUT2D eigenvalue weighted by atomic mass is 9.93. The molecule has 0 aromatic heterocycles. The summed E-state index contributed by atoms with van der Waals surface area (Å²) < 4.78 is 11.5. The first kappa shape index (κ1) is 29.7. The van der Waals surface area contributed by atoms with Crippen LogP contribution in [0.2, 0.25) is 0 Å². The molecule has 4 rings (SSSR count). The minimum Gasteiger partial charge on any atom is -0.463 e. The largest absolute Gasteiger partial charge is 0.463 e. The Labute approximate surface area is 241 Å². The highest BCUT2D eigenvalue weighted by atomic mass is 16.5. The maximum Gasteiger partial charge on any atom is 0.338 e. The summed E-state index contributed by atoms with van der Waals surface area (Å²) in [6.07, 6.45) is 1.63. The Balaban J connectivity index is 1.66. The van der Waals surface area contributed by atoms with Crippen molar-refractivity contribution in [3.05, 3.63) is 84.1 Å². The van der Waals surface area contributed by atoms with E-state index in [1.807, 2.05) is 68.4 Å². The van der Waals surface area contributed by atoms with Crippen LogP contribution in [0.1, 0.15) is 32.4 Å². The molecule has 4 amide bonds. The number of urea groups is 2. The number of amides is 4. The van der Waals surface area contributed by atoms with E-state index in [0.717, 1.165) is 0 Å². The fourth-order valence-electron chi connectivity index (χ4n) is 4.94. The lowest BCUT2D eigenvalue weighted by Gasteiger charge is -2.40. The van der Waals surface area contributed by atoms with Crippen LogP contribution in [0.3, 0.4) is 0 Å². The van der Waals surface area contributed by atoms with E-state index in [4.69, 9.17) is 9.47 Å². The van der Waals surface area contributed by atoms with Crippen molar-refractivity contribution in [2.75, 3.05) is 45.9 Å². The van der Waals surface area contributed by atoms with Crippen LogP contribution in [0.5, 0.6) is 11.5 Å². The average Bonchev–Trinajstić information content (AvgIpc) is 2.95. The Morgan fingerprint density at radius 3 is 2.44 bits per heavy atom. The van der Waals surface area contributed by atoms with Gasteiger partial charge >= 0.3 is 18.0 Å². The molecule has 2 heterocycles. The second-order valence-electron chi connectivity index (χ2n) is 10.2. The van der Waals surface area contributed by atoms with Crippen LogP contribution in [-0.2, 0) is 9.53 Å². The first-order valence-corrected chi connectivity index (χ1v) is 14.0. The third-order valence-electron chi connectivity index (χ3n) is 6.86. The van der Waals surface area contributed by atoms with E-state index in [1.54, 1.807) is 17.9 Å². The van der Waals surface area contributed by atoms with Gasteiger partial charge in [-0.25, -0.2) is 14.4 Å². The summed E-state index contributed by atoms with van der Waals surface area (Å²) in [4.78, 5) is 44.9. The van der Waals surface area contributed by atoms with E-state index >= 15 is 0 Å². The highest BCUT2D eigenvalue weighted by Gasteiger charge is 2.39. The highest BCUT2D eigenvalue weighted by molar-refractivity contribution is 5.95. The number of para-hydroxylation sites is 1. The molecular formula is C31H39N5O5. The number of hydrogen-bond acceptors (Lipinski definition) is 6. The quantitative estimate of drug-likeness (QED) is 0.332. The maximum absolute atomic E-state index is 13.5. The Morgan fingerprint density at radius 2 is 1.78 bits per heavy atom. The number of esters is 1. The summed E-state index contributed by atoms with van der Waals surface area (Å²) in [6.45, 7) is 12.5. The zero-order chi connectivity index (χ0) is 29.4. The lowest BCUT2D eigenvalue weighted by molar-refractivity contribution is -0.139. The van der Waals surface area contributed by atoms with Gasteiger partial charge in [-0.1, -0.05) is 36.4 Å². The average molecular weight is 562 g/mol. The molecule has 10 heteroatoms. The molecule has 0 spiro atoms. The predicted molar refractivity (Wildman–Crippen MR) is 156 cm³/mol. The van der Waals surface area contributed by atoms with Gasteiger partial charge in [0.25, 0.3) is 0 Å². The highest BCUT2D eigenvalue weighted by Crippen LogP contribution is 2.34. The van der Waals surface area contributed by atoms with E-state index in [9.17, 15) is 14.4 Å². The SMILES string of the molecule is C=CCN1C(=O)N[C@@H](c2cccc(Oc3ccccc3)c2)C(C(=O)OCC)=C1CN1CCN(C(=O)NC(C)C)CC1. The summed E-state index contributed by atoms with van der Waals surface area (Å²) in [6, 6.07) is 15.6. The van der Waals surface area contributed by atoms with Gasteiger partial charge < -0.3 is 25.0 Å². The fraction of sp³-hybridized carbons (Fsp3) is 0.387. The number of nitrogens with zero attached hydrogens (tertiary/aromatic N) is 3. The third kappa shape index (κ3) is 7.46. The Morgan fingerprint density at radius 1 is 1.07 bits per heavy atom. The number of hydrogen-bond donors (Lipinski definition) is 2. The summed E-state index contributed by atoms with van der Waals surface area (Å²) >= 11 is 0. The van der Waals surface area contributed by atoms with Crippen molar-refractivity contribution in [2.24, 2.45) is 0 Å². The zero-order valence-corrected chi connectivity index (χ0v) is 24.0. The van der Waals surface area contributed by atoms with Gasteiger partial charge in [-0.05, 0) is 50.6 Å². The van der Waals surface area contributed by atoms with Crippen molar-refractivity contribution in [1.29, 1.82) is 0 Å². The van der Waals surface area contributed by atoms with Crippen LogP contribution in [0.25, 0.3) is 0 Å². The van der Waals surface area contributed by atoms with Crippen molar-refractivity contribution >= 4 is 18.0 Å². The molecule has 1 atom stereocenters. The predicted octanol–water partition coefficient (Wildman–Crippen LogP) is 4.28. The molecule has 1 saturated heterocycles. The van der Waals surface area contributed by atoms with E-state index in [-0.39, 0.29) is 31.3 Å². The second kappa shape index (κ2) is 13.8. The molecule has 0 unspecified atom stereocenters. The first-order valence-electron chi connectivity index (χ1n) is 14.0. The molecule has 10 nitrogen and oxygen atoms in total. The normalized spacial score (nSPS) is 17.8. The number of ether oxygens (including phenoxy) is 2. The topological polar surface area (TPSA) is 103 Å². The maximum atomic E-state index is 13.5. The van der Waals surface area contributed by atoms with E-state index in [2.05, 4.69) is 22.1 Å². The standard InChI is InChI=1S/C31H39N5O5/c1-5-15-36-26(21-34-16-18-35(19-17-34)30(38)32-22(3)4)27(29(37)40-6-2)28(33-31(36)39)23-11-10-14-25(20-23)41-24-12-8-7-9-13-24/h5,7-14,20,22,28H,1,6,15-19,21H2,2-4H3,(H,32,38)(H,33,39)/t28-/m0/s1. The third-order valence-corrected chi connectivity index (χ3v) is 6.86. The van der Waals surface area contributed by atoms with Crippen LogP contribution in [-0.4, -0.2) is 84.6 Å². The number of rotatable bonds is 10. The monoisotopic (exact) mass is 561 g/mol. The molecule has 1 fully saturated rings. The van der Waals surface area contributed by atoms with Gasteiger partial charge in [-0.15, -0.1) is 6.58 Å². The van der Waals surface area contributed by atoms with Crippen molar-refractivity contribution in [3.63, 3.8) is 0 Å². The number of carbonyl (C=O) groups is 3. The van der Waals surface area contributed by atoms with E-state index in [1.165, 1.54) is 4.90 Å². The van der Waals surface area contributed by atoms with E-state index in [0.29, 0.717) is 61.1 Å². The van der Waals surface area contributed by atoms with Gasteiger partial charge in [0, 0.05) is 51.0 Å². The molecule has 2 aliphatic heterocycles. The smallest absolute Gasteiger partial charge is 0.338 e. The number of piperazine rings is 1. The Hall–Kier alpha value is -4.31. The fourth-order valence-corrected chi connectivity index (χ4v) is 4.94. The molecule has 0 bridgehead atoms. The summed E-state index contributed by atoms with van der Waals surface area (Å²) in [5.41, 5.74) is 1.62. The first-order chi connectivity index (χ1) is 19.8. The van der Waals surface area contributed by atoms with Crippen LogP contribution < -0.4 is 15.4 Å². The number of carbonyl (C=O) groups excluding carboxylic acids is 3. The minimum absolute atomic E-state index is 0.0552. The van der Waals surface area contributed by atoms with Gasteiger partial charge in [-0.2, -0.15) is 0 Å². The number of benzene rings is 2. The Bertz CT molecular complexity index is 1270. The van der Waals surface area contributed by atoms with Crippen LogP contribution in [0.15, 0.2) is 78.5 Å². The molecule has 2 N–H and O–H groups in total. The molecular weight excluding hydrogens is 522 g/mol. The molecule has 0 radical (unpaired) electrons. The van der Waals surface area contributed by atoms with Crippen molar-refractivity contribution in [1.82, 2.24) is 25.3 Å². The summed E-state index contributed by atoms with van der Waals surface area (Å²) in [5.74, 6) is 0.764. The molecule has 0 aliphatic carbocycles. The van der Waals surface area contributed by atoms with Gasteiger partial charge in [0.15, 0.2) is 0 Å². The van der Waals surface area contributed by atoms with Gasteiger partial charge in [0.2, 0.25) is 0 Å². The molecule has 2 aliphatic rings. The van der Waals surface area contributed by atoms with Crippen LogP contribution in [0, 0.1) is 0 Å². The van der Waals surface area contributed by atoms with Crippen molar-refractivity contribution in [2.45, 2.75) is 32.9 Å². The van der Waals surface area contributed by atoms with Gasteiger partial charge in [0.05, 0.1) is 18.2 Å². The molecule has 2 aromatic rings. The minimum atomic E-state index is -0.741. The molecule has 41 heavy (non-hydrogen) atoms. The lowest BCUT2D eigenvalue weighted by Crippen LogP contribution is -2.55. The van der Waals surface area contributed by atoms with Crippen LogP contribution in [0.4, 0.5) is 9.59 Å². The number of nitrogens with one attached hydrogen (secondary N) is 2. The van der Waals surface area contributed by atoms with Gasteiger partial charge in [0.1, 0.15) is 11.5 Å². The molecule has 0 saturated carbocycles. The van der Waals surface area contributed by atoms with Crippen molar-refractivity contribution in [3.8, 4) is 11.5 Å². The Kier molecular flexibility index (Phi) is 10.0. The van der Waals surface area contributed by atoms with Crippen LogP contribution >= 0.6 is 0 Å². The van der Waals surface area contributed by atoms with Gasteiger partial charge in [-0.3, -0.25) is 9.80 Å². The van der Waals surface area contributed by atoms with Crippen molar-refractivity contribution < 1.29 is 23.9 Å². The zero-order valence-electron chi connectivity index (χ0n) is 24.0. The molecule has 218 valence electrons. The second-order valence-corrected chi connectivity index (χ2v) is 10.2. The van der Waals surface area contributed by atoms with E-state index < -0.39 is 12.0 Å².